The van der Waals surface area contributed by atoms with Gasteiger partial charge in [0.05, 0.1) is 27.2 Å². The van der Waals surface area contributed by atoms with Gasteiger partial charge in [-0.15, -0.1) is 0 Å². The second kappa shape index (κ2) is 6.67. The first-order chi connectivity index (χ1) is 10.1. The first kappa shape index (κ1) is 15.4. The SMILES string of the molecule is COc1cc(NC(=O)C2CCCC2N)cc(OC)c1OC. The van der Waals surface area contributed by atoms with Gasteiger partial charge < -0.3 is 25.3 Å². The van der Waals surface area contributed by atoms with E-state index >= 15 is 0 Å². The van der Waals surface area contributed by atoms with Crippen molar-refractivity contribution < 1.29 is 19.0 Å². The molecule has 6 nitrogen and oxygen atoms in total. The number of anilines is 1. The van der Waals surface area contributed by atoms with E-state index in [2.05, 4.69) is 5.32 Å². The molecule has 1 saturated carbocycles. The molecule has 116 valence electrons. The third-order valence-electron chi connectivity index (χ3n) is 3.84. The number of benzene rings is 1. The van der Waals surface area contributed by atoms with E-state index in [-0.39, 0.29) is 17.9 Å². The zero-order valence-corrected chi connectivity index (χ0v) is 12.6. The average molecular weight is 294 g/mol. The van der Waals surface area contributed by atoms with Gasteiger partial charge in [-0.05, 0) is 12.8 Å². The minimum Gasteiger partial charge on any atom is -0.493 e. The third kappa shape index (κ3) is 3.21. The molecule has 1 fully saturated rings. The minimum absolute atomic E-state index is 0.0609. The smallest absolute Gasteiger partial charge is 0.229 e. The summed E-state index contributed by atoms with van der Waals surface area (Å²) in [4.78, 5) is 12.3. The van der Waals surface area contributed by atoms with Gasteiger partial charge in [0.25, 0.3) is 0 Å². The number of nitrogens with one attached hydrogen (secondary N) is 1. The topological polar surface area (TPSA) is 82.8 Å². The van der Waals surface area contributed by atoms with E-state index in [0.29, 0.717) is 22.9 Å². The van der Waals surface area contributed by atoms with Gasteiger partial charge in [-0.3, -0.25) is 4.79 Å². The molecular weight excluding hydrogens is 272 g/mol. The summed E-state index contributed by atoms with van der Waals surface area (Å²) in [7, 11) is 4.61. The van der Waals surface area contributed by atoms with Gasteiger partial charge in [-0.2, -0.15) is 0 Å². The highest BCUT2D eigenvalue weighted by Crippen LogP contribution is 2.40. The number of hydrogen-bond donors (Lipinski definition) is 2. The van der Waals surface area contributed by atoms with Crippen LogP contribution in [0.4, 0.5) is 5.69 Å². The molecule has 6 heteroatoms. The Bertz CT molecular complexity index is 493. The molecule has 0 bridgehead atoms. The van der Waals surface area contributed by atoms with Crippen molar-refractivity contribution in [3.8, 4) is 17.2 Å². The average Bonchev–Trinajstić information content (AvgIpc) is 2.92. The molecule has 2 unspecified atom stereocenters. The molecule has 1 amide bonds. The fraction of sp³-hybridized carbons (Fsp3) is 0.533. The maximum Gasteiger partial charge on any atom is 0.229 e. The minimum atomic E-state index is -0.135. The predicted molar refractivity (Wildman–Crippen MR) is 80.0 cm³/mol. The van der Waals surface area contributed by atoms with Crippen LogP contribution < -0.4 is 25.3 Å². The van der Waals surface area contributed by atoms with Gasteiger partial charge in [-0.1, -0.05) is 6.42 Å². The normalized spacial score (nSPS) is 21.0. The fourth-order valence-electron chi connectivity index (χ4n) is 2.70. The largest absolute Gasteiger partial charge is 0.493 e. The van der Waals surface area contributed by atoms with Crippen LogP contribution >= 0.6 is 0 Å². The van der Waals surface area contributed by atoms with Crippen molar-refractivity contribution in [3.05, 3.63) is 12.1 Å². The summed E-state index contributed by atoms with van der Waals surface area (Å²) in [6.07, 6.45) is 2.72. The van der Waals surface area contributed by atoms with E-state index < -0.39 is 0 Å². The quantitative estimate of drug-likeness (QED) is 0.865. The summed E-state index contributed by atoms with van der Waals surface area (Å²) in [5.41, 5.74) is 6.57. The van der Waals surface area contributed by atoms with Crippen molar-refractivity contribution in [1.29, 1.82) is 0 Å². The molecule has 2 atom stereocenters. The molecule has 0 saturated heterocycles. The fourth-order valence-corrected chi connectivity index (χ4v) is 2.70. The highest BCUT2D eigenvalue weighted by atomic mass is 16.5. The number of rotatable bonds is 5. The number of hydrogen-bond acceptors (Lipinski definition) is 5. The van der Waals surface area contributed by atoms with E-state index in [0.717, 1.165) is 19.3 Å². The summed E-state index contributed by atoms with van der Waals surface area (Å²) < 4.78 is 15.8. The van der Waals surface area contributed by atoms with Crippen molar-refractivity contribution in [2.45, 2.75) is 25.3 Å². The van der Waals surface area contributed by atoms with E-state index in [4.69, 9.17) is 19.9 Å². The summed E-state index contributed by atoms with van der Waals surface area (Å²) in [6, 6.07) is 3.35. The Kier molecular flexibility index (Phi) is 4.90. The zero-order chi connectivity index (χ0) is 15.4. The van der Waals surface area contributed by atoms with Crippen LogP contribution in [0.1, 0.15) is 19.3 Å². The van der Waals surface area contributed by atoms with Crippen LogP contribution in [0.3, 0.4) is 0 Å². The Morgan fingerprint density at radius 2 is 1.76 bits per heavy atom. The molecule has 1 aliphatic carbocycles. The Morgan fingerprint density at radius 1 is 1.14 bits per heavy atom. The van der Waals surface area contributed by atoms with Crippen LogP contribution in [0.5, 0.6) is 17.2 Å². The molecule has 2 rings (SSSR count). The first-order valence-corrected chi connectivity index (χ1v) is 6.97. The second-order valence-electron chi connectivity index (χ2n) is 5.10. The molecule has 0 heterocycles. The molecule has 1 aromatic rings. The number of methoxy groups -OCH3 is 3. The number of amides is 1. The van der Waals surface area contributed by atoms with E-state index in [9.17, 15) is 4.79 Å². The third-order valence-corrected chi connectivity index (χ3v) is 3.84. The number of carbonyl (C=O) groups excluding carboxylic acids is 1. The van der Waals surface area contributed by atoms with Gasteiger partial charge in [0, 0.05) is 23.9 Å². The highest BCUT2D eigenvalue weighted by molar-refractivity contribution is 5.94. The van der Waals surface area contributed by atoms with E-state index in [1.807, 2.05) is 0 Å². The number of carbonyl (C=O) groups is 1. The van der Waals surface area contributed by atoms with Gasteiger partial charge in [-0.25, -0.2) is 0 Å². The molecule has 1 aromatic carbocycles. The molecular formula is C15H22N2O4. The first-order valence-electron chi connectivity index (χ1n) is 6.97. The maximum absolute atomic E-state index is 12.3. The van der Waals surface area contributed by atoms with E-state index in [1.54, 1.807) is 12.1 Å². The van der Waals surface area contributed by atoms with Crippen molar-refractivity contribution in [2.24, 2.45) is 11.7 Å². The molecule has 0 spiro atoms. The lowest BCUT2D eigenvalue weighted by molar-refractivity contribution is -0.120. The Hall–Kier alpha value is -1.95. The van der Waals surface area contributed by atoms with Crippen LogP contribution in [-0.4, -0.2) is 33.3 Å². The number of ether oxygens (including phenoxy) is 3. The second-order valence-corrected chi connectivity index (χ2v) is 5.10. The molecule has 1 aliphatic rings. The lowest BCUT2D eigenvalue weighted by atomic mass is 10.0. The Labute approximate surface area is 124 Å². The van der Waals surface area contributed by atoms with Crippen LogP contribution in [0.25, 0.3) is 0 Å². The van der Waals surface area contributed by atoms with Crippen LogP contribution in [0.15, 0.2) is 12.1 Å². The standard InChI is InChI=1S/C15H22N2O4/c1-19-12-7-9(8-13(20-2)14(12)21-3)17-15(18)10-5-4-6-11(10)16/h7-8,10-11H,4-6,16H2,1-3H3,(H,17,18). The van der Waals surface area contributed by atoms with Crippen molar-refractivity contribution in [2.75, 3.05) is 26.6 Å². The summed E-state index contributed by atoms with van der Waals surface area (Å²) in [6.45, 7) is 0. The summed E-state index contributed by atoms with van der Waals surface area (Å²) in [5.74, 6) is 1.31. The van der Waals surface area contributed by atoms with Gasteiger partial charge in [0.15, 0.2) is 11.5 Å². The Morgan fingerprint density at radius 3 is 2.19 bits per heavy atom. The van der Waals surface area contributed by atoms with Gasteiger partial charge in [0.2, 0.25) is 11.7 Å². The lowest BCUT2D eigenvalue weighted by Crippen LogP contribution is -2.34. The van der Waals surface area contributed by atoms with Gasteiger partial charge >= 0.3 is 0 Å². The van der Waals surface area contributed by atoms with E-state index in [1.165, 1.54) is 21.3 Å². The zero-order valence-electron chi connectivity index (χ0n) is 12.6. The highest BCUT2D eigenvalue weighted by Gasteiger charge is 2.30. The Balaban J connectivity index is 2.21. The summed E-state index contributed by atoms with van der Waals surface area (Å²) >= 11 is 0. The molecule has 21 heavy (non-hydrogen) atoms. The van der Waals surface area contributed by atoms with Crippen molar-refractivity contribution in [3.63, 3.8) is 0 Å². The van der Waals surface area contributed by atoms with Crippen molar-refractivity contribution in [1.82, 2.24) is 0 Å². The van der Waals surface area contributed by atoms with Crippen molar-refractivity contribution >= 4 is 11.6 Å². The summed E-state index contributed by atoms with van der Waals surface area (Å²) in [5, 5.41) is 2.88. The maximum atomic E-state index is 12.3. The van der Waals surface area contributed by atoms with Crippen LogP contribution in [0, 0.1) is 5.92 Å². The molecule has 0 radical (unpaired) electrons. The molecule has 0 aliphatic heterocycles. The lowest BCUT2D eigenvalue weighted by Gasteiger charge is -2.17. The number of nitrogens with two attached hydrogens (primary N) is 1. The molecule has 0 aromatic heterocycles. The van der Waals surface area contributed by atoms with Crippen LogP contribution in [0.2, 0.25) is 0 Å². The van der Waals surface area contributed by atoms with Gasteiger partial charge in [0.1, 0.15) is 0 Å². The van der Waals surface area contributed by atoms with Crippen LogP contribution in [-0.2, 0) is 4.79 Å². The predicted octanol–water partition coefficient (Wildman–Crippen LogP) is 1.78. The molecule has 3 N–H and O–H groups in total. The monoisotopic (exact) mass is 294 g/mol.